The summed E-state index contributed by atoms with van der Waals surface area (Å²) in [6.07, 6.45) is 2.08. The Hall–Kier alpha value is -0.650. The van der Waals surface area contributed by atoms with Crippen LogP contribution in [0.25, 0.3) is 10.6 Å². The summed E-state index contributed by atoms with van der Waals surface area (Å²) in [5.41, 5.74) is 2.33. The van der Waals surface area contributed by atoms with Gasteiger partial charge in [0.05, 0.1) is 4.88 Å². The molecule has 0 saturated heterocycles. The number of aromatic nitrogens is 2. The molecule has 0 unspecified atom stereocenters. The topological polar surface area (TPSA) is 29.9 Å². The maximum atomic E-state index is 4.51. The molecule has 0 aromatic carbocycles. The third-order valence-corrected chi connectivity index (χ3v) is 3.97. The van der Waals surface area contributed by atoms with E-state index in [0.717, 1.165) is 23.3 Å². The zero-order valence-electron chi connectivity index (χ0n) is 9.33. The third-order valence-electron chi connectivity index (χ3n) is 2.27. The minimum absolute atomic E-state index is 0.870. The number of rotatable bonds is 4. The van der Waals surface area contributed by atoms with Crippen LogP contribution in [0, 0.1) is 0 Å². The van der Waals surface area contributed by atoms with Crippen LogP contribution < -0.4 is 5.32 Å². The summed E-state index contributed by atoms with van der Waals surface area (Å²) in [4.78, 5) is 1.21. The molecule has 0 amide bonds. The molecular weight excluding hydrogens is 286 g/mol. The van der Waals surface area contributed by atoms with Gasteiger partial charge in [0, 0.05) is 35.2 Å². The highest BCUT2D eigenvalue weighted by Gasteiger charge is 2.11. The number of thiophene rings is 1. The van der Waals surface area contributed by atoms with Crippen LogP contribution in [0.5, 0.6) is 0 Å². The fourth-order valence-corrected chi connectivity index (χ4v) is 3.02. The number of hydrogen-bond donors (Lipinski definition) is 1. The molecule has 0 spiro atoms. The zero-order chi connectivity index (χ0) is 11.5. The van der Waals surface area contributed by atoms with E-state index in [9.17, 15) is 0 Å². The van der Waals surface area contributed by atoms with Gasteiger partial charge in [-0.15, -0.1) is 11.3 Å². The van der Waals surface area contributed by atoms with Gasteiger partial charge in [-0.3, -0.25) is 4.68 Å². The van der Waals surface area contributed by atoms with Gasteiger partial charge in [-0.05, 0) is 28.5 Å². The van der Waals surface area contributed by atoms with Crippen LogP contribution >= 0.6 is 27.3 Å². The van der Waals surface area contributed by atoms with Crippen molar-refractivity contribution in [3.63, 3.8) is 0 Å². The lowest BCUT2D eigenvalue weighted by molar-refractivity contribution is 0.724. The quantitative estimate of drug-likeness (QED) is 0.940. The van der Waals surface area contributed by atoms with E-state index < -0.39 is 0 Å². The maximum absolute atomic E-state index is 4.51. The van der Waals surface area contributed by atoms with Crippen molar-refractivity contribution in [2.24, 2.45) is 7.05 Å². The first-order valence-electron chi connectivity index (χ1n) is 5.18. The molecular formula is C11H14BrN3S. The summed E-state index contributed by atoms with van der Waals surface area (Å²) >= 11 is 5.19. The lowest BCUT2D eigenvalue weighted by atomic mass is 10.2. The van der Waals surface area contributed by atoms with E-state index in [0.29, 0.717) is 0 Å². The zero-order valence-corrected chi connectivity index (χ0v) is 11.7. The van der Waals surface area contributed by atoms with Crippen LogP contribution in [0.2, 0.25) is 0 Å². The second-order valence-corrected chi connectivity index (χ2v) is 5.41. The Kier molecular flexibility index (Phi) is 3.78. The van der Waals surface area contributed by atoms with Crippen LogP contribution in [-0.4, -0.2) is 16.3 Å². The molecule has 0 fully saturated rings. The van der Waals surface area contributed by atoms with E-state index in [2.05, 4.69) is 50.9 Å². The molecule has 5 heteroatoms. The first kappa shape index (κ1) is 11.8. The van der Waals surface area contributed by atoms with Crippen LogP contribution in [-0.2, 0) is 13.6 Å². The van der Waals surface area contributed by atoms with Gasteiger partial charge in [-0.1, -0.05) is 6.92 Å². The van der Waals surface area contributed by atoms with Gasteiger partial charge in [0.1, 0.15) is 5.69 Å². The molecule has 0 radical (unpaired) electrons. The Balaban J connectivity index is 2.32. The van der Waals surface area contributed by atoms with Crippen molar-refractivity contribution in [2.75, 3.05) is 6.54 Å². The summed E-state index contributed by atoms with van der Waals surface area (Å²) in [6.45, 7) is 3.95. The molecule has 3 nitrogen and oxygen atoms in total. The van der Waals surface area contributed by atoms with Gasteiger partial charge < -0.3 is 5.32 Å². The van der Waals surface area contributed by atoms with Crippen LogP contribution in [0.1, 0.15) is 12.5 Å². The number of aryl methyl sites for hydroxylation is 1. The molecule has 16 heavy (non-hydrogen) atoms. The fraction of sp³-hybridized carbons (Fsp3) is 0.364. The SMILES string of the molecule is CCNCc1cn(C)nc1-c1cc(Br)cs1. The lowest BCUT2D eigenvalue weighted by Gasteiger charge is -2.00. The minimum atomic E-state index is 0.870. The Morgan fingerprint density at radius 1 is 1.56 bits per heavy atom. The highest BCUT2D eigenvalue weighted by Crippen LogP contribution is 2.30. The standard InChI is InChI=1S/C11H14BrN3S/c1-3-13-5-8-6-15(2)14-11(8)10-4-9(12)7-16-10/h4,6-7,13H,3,5H2,1-2H3. The molecule has 0 aliphatic rings. The van der Waals surface area contributed by atoms with Crippen LogP contribution in [0.15, 0.2) is 22.1 Å². The molecule has 0 aliphatic heterocycles. The van der Waals surface area contributed by atoms with Gasteiger partial charge in [0.25, 0.3) is 0 Å². The van der Waals surface area contributed by atoms with Crippen molar-refractivity contribution in [2.45, 2.75) is 13.5 Å². The summed E-state index contributed by atoms with van der Waals surface area (Å²) in [5.74, 6) is 0. The van der Waals surface area contributed by atoms with Gasteiger partial charge in [0.2, 0.25) is 0 Å². The maximum Gasteiger partial charge on any atom is 0.107 e. The molecule has 0 saturated carbocycles. The highest BCUT2D eigenvalue weighted by molar-refractivity contribution is 9.10. The molecule has 2 heterocycles. The predicted octanol–water partition coefficient (Wildman–Crippen LogP) is 3.02. The monoisotopic (exact) mass is 299 g/mol. The minimum Gasteiger partial charge on any atom is -0.313 e. The number of halogens is 1. The van der Waals surface area contributed by atoms with Crippen LogP contribution in [0.3, 0.4) is 0 Å². The molecule has 1 N–H and O–H groups in total. The first-order chi connectivity index (χ1) is 7.70. The average Bonchev–Trinajstić information content (AvgIpc) is 2.81. The first-order valence-corrected chi connectivity index (χ1v) is 6.85. The Morgan fingerprint density at radius 2 is 2.38 bits per heavy atom. The van der Waals surface area contributed by atoms with E-state index >= 15 is 0 Å². The van der Waals surface area contributed by atoms with Crippen molar-refractivity contribution >= 4 is 27.3 Å². The van der Waals surface area contributed by atoms with Gasteiger partial charge >= 0.3 is 0 Å². The van der Waals surface area contributed by atoms with Crippen molar-refractivity contribution in [3.05, 3.63) is 27.7 Å². The largest absolute Gasteiger partial charge is 0.313 e. The number of nitrogens with one attached hydrogen (secondary N) is 1. The normalized spacial score (nSPS) is 10.9. The average molecular weight is 300 g/mol. The smallest absolute Gasteiger partial charge is 0.107 e. The van der Waals surface area contributed by atoms with Crippen LogP contribution in [0.4, 0.5) is 0 Å². The van der Waals surface area contributed by atoms with E-state index in [1.54, 1.807) is 11.3 Å². The highest BCUT2D eigenvalue weighted by atomic mass is 79.9. The van der Waals surface area contributed by atoms with Crippen molar-refractivity contribution in [3.8, 4) is 10.6 Å². The van der Waals surface area contributed by atoms with Crippen molar-refractivity contribution in [1.82, 2.24) is 15.1 Å². The second-order valence-electron chi connectivity index (χ2n) is 3.59. The number of nitrogens with zero attached hydrogens (tertiary/aromatic N) is 2. The van der Waals surface area contributed by atoms with E-state index in [1.165, 1.54) is 10.4 Å². The molecule has 86 valence electrons. The summed E-state index contributed by atoms with van der Waals surface area (Å²) in [6, 6.07) is 2.11. The third kappa shape index (κ3) is 2.53. The fourth-order valence-electron chi connectivity index (χ4n) is 1.57. The van der Waals surface area contributed by atoms with E-state index in [-0.39, 0.29) is 0 Å². The van der Waals surface area contributed by atoms with E-state index in [4.69, 9.17) is 0 Å². The Morgan fingerprint density at radius 3 is 3.00 bits per heavy atom. The second kappa shape index (κ2) is 5.12. The van der Waals surface area contributed by atoms with Crippen molar-refractivity contribution in [1.29, 1.82) is 0 Å². The Labute approximate surface area is 108 Å². The van der Waals surface area contributed by atoms with E-state index in [1.807, 2.05) is 11.7 Å². The van der Waals surface area contributed by atoms with Gasteiger partial charge in [-0.25, -0.2) is 0 Å². The van der Waals surface area contributed by atoms with Gasteiger partial charge in [0.15, 0.2) is 0 Å². The molecule has 2 aromatic rings. The number of hydrogen-bond acceptors (Lipinski definition) is 3. The molecule has 2 rings (SSSR count). The van der Waals surface area contributed by atoms with Gasteiger partial charge in [-0.2, -0.15) is 5.10 Å². The summed E-state index contributed by atoms with van der Waals surface area (Å²) in [5, 5.41) is 9.93. The predicted molar refractivity (Wildman–Crippen MR) is 71.6 cm³/mol. The summed E-state index contributed by atoms with van der Waals surface area (Å²) in [7, 11) is 1.96. The molecule has 0 bridgehead atoms. The molecule has 0 atom stereocenters. The molecule has 2 aromatic heterocycles. The summed E-state index contributed by atoms with van der Waals surface area (Å²) < 4.78 is 2.99. The Bertz CT molecular complexity index is 475. The lowest BCUT2D eigenvalue weighted by Crippen LogP contribution is -2.11. The molecule has 0 aliphatic carbocycles. The van der Waals surface area contributed by atoms with Crippen molar-refractivity contribution < 1.29 is 0 Å².